The Morgan fingerprint density at radius 3 is 2.69 bits per heavy atom. The number of hydrogen-bond acceptors (Lipinski definition) is 4. The van der Waals surface area contributed by atoms with Crippen LogP contribution < -0.4 is 0 Å². The maximum Gasteiger partial charge on any atom is 0.150 e. The van der Waals surface area contributed by atoms with E-state index in [2.05, 4.69) is 28.8 Å². The highest BCUT2D eigenvalue weighted by Gasteiger charge is 2.10. The van der Waals surface area contributed by atoms with E-state index >= 15 is 0 Å². The molecular weight excluding hydrogens is 238 g/mol. The zero-order valence-corrected chi connectivity index (χ0v) is 11.1. The van der Waals surface area contributed by atoms with E-state index < -0.39 is 0 Å². The molecule has 0 spiro atoms. The Bertz CT molecular complexity index is 541. The number of H-pyrrole nitrogens is 1. The minimum absolute atomic E-state index is 0.395. The third kappa shape index (κ3) is 2.05. The summed E-state index contributed by atoms with van der Waals surface area (Å²) in [5, 5.41) is 0. The topological polar surface area (TPSA) is 41.6 Å². The van der Waals surface area contributed by atoms with Crippen LogP contribution in [0.1, 0.15) is 31.0 Å². The normalized spacial score (nSPS) is 11.0. The minimum atomic E-state index is 0.395. The molecule has 2 aromatic heterocycles. The smallest absolute Gasteiger partial charge is 0.150 e. The van der Waals surface area contributed by atoms with E-state index in [0.29, 0.717) is 10.6 Å². The molecule has 2 heterocycles. The first kappa shape index (κ1) is 11.4. The molecule has 0 bridgehead atoms. The van der Waals surface area contributed by atoms with Crippen LogP contribution >= 0.6 is 23.6 Å². The van der Waals surface area contributed by atoms with Crippen molar-refractivity contribution in [3.63, 3.8) is 0 Å². The van der Waals surface area contributed by atoms with Crippen molar-refractivity contribution < 1.29 is 0 Å². The second-order valence-electron chi connectivity index (χ2n) is 3.95. The molecule has 0 atom stereocenters. The lowest BCUT2D eigenvalue weighted by Crippen LogP contribution is -2.01. The molecule has 0 unspecified atom stereocenters. The molecule has 0 aliphatic heterocycles. The van der Waals surface area contributed by atoms with Crippen molar-refractivity contribution in [2.24, 2.45) is 0 Å². The predicted octanol–water partition coefficient (Wildman–Crippen LogP) is 3.69. The van der Waals surface area contributed by atoms with Gasteiger partial charge in [0.05, 0.1) is 10.4 Å². The van der Waals surface area contributed by atoms with Crippen molar-refractivity contribution in [2.75, 3.05) is 0 Å². The third-order valence-electron chi connectivity index (χ3n) is 2.40. The largest absolute Gasteiger partial charge is 0.342 e. The van der Waals surface area contributed by atoms with Crippen molar-refractivity contribution in [1.82, 2.24) is 15.0 Å². The Morgan fingerprint density at radius 2 is 2.19 bits per heavy atom. The van der Waals surface area contributed by atoms with Crippen LogP contribution in [-0.4, -0.2) is 15.0 Å². The number of rotatable bonds is 2. The Hall–Kier alpha value is -1.07. The molecule has 0 fully saturated rings. The summed E-state index contributed by atoms with van der Waals surface area (Å²) >= 11 is 6.89. The highest BCUT2D eigenvalue weighted by molar-refractivity contribution is 7.71. The predicted molar refractivity (Wildman–Crippen MR) is 69.4 cm³/mol. The summed E-state index contributed by atoms with van der Waals surface area (Å²) in [6.45, 7) is 6.29. The molecule has 0 aromatic carbocycles. The van der Waals surface area contributed by atoms with Crippen LogP contribution in [0.4, 0.5) is 0 Å². The van der Waals surface area contributed by atoms with E-state index in [9.17, 15) is 0 Å². The molecule has 3 nitrogen and oxygen atoms in total. The quantitative estimate of drug-likeness (QED) is 0.828. The number of aromatic amines is 1. The highest BCUT2D eigenvalue weighted by atomic mass is 32.1. The number of hydrogen-bond donors (Lipinski definition) is 1. The van der Waals surface area contributed by atoms with Crippen LogP contribution in [0.3, 0.4) is 0 Å². The first-order valence-electron chi connectivity index (χ1n) is 5.09. The molecule has 5 heteroatoms. The van der Waals surface area contributed by atoms with Gasteiger partial charge >= 0.3 is 0 Å². The first-order chi connectivity index (χ1) is 7.59. The van der Waals surface area contributed by atoms with Crippen molar-refractivity contribution >= 4 is 23.6 Å². The Morgan fingerprint density at radius 1 is 1.44 bits per heavy atom. The van der Waals surface area contributed by atoms with E-state index in [4.69, 9.17) is 12.2 Å². The standard InChI is InChI=1S/C11H13N3S2/c1-6(2)9-7(3)13-10(14-11(9)15)8-4-12-5-16-8/h4-6H,1-3H3,(H,13,14,15). The van der Waals surface area contributed by atoms with Gasteiger partial charge in [-0.05, 0) is 12.8 Å². The molecule has 0 saturated carbocycles. The van der Waals surface area contributed by atoms with Gasteiger partial charge in [-0.2, -0.15) is 0 Å². The van der Waals surface area contributed by atoms with Gasteiger partial charge in [0.25, 0.3) is 0 Å². The number of nitrogens with zero attached hydrogens (tertiary/aromatic N) is 2. The van der Waals surface area contributed by atoms with E-state index in [1.54, 1.807) is 23.0 Å². The molecule has 0 aliphatic carbocycles. The van der Waals surface area contributed by atoms with Crippen molar-refractivity contribution in [2.45, 2.75) is 26.7 Å². The van der Waals surface area contributed by atoms with Gasteiger partial charge in [0.2, 0.25) is 0 Å². The van der Waals surface area contributed by atoms with E-state index in [0.717, 1.165) is 22.0 Å². The molecule has 0 amide bonds. The summed E-state index contributed by atoms with van der Waals surface area (Å²) < 4.78 is 0.689. The lowest BCUT2D eigenvalue weighted by Gasteiger charge is -2.10. The summed E-state index contributed by atoms with van der Waals surface area (Å²) in [4.78, 5) is 12.8. The van der Waals surface area contributed by atoms with Crippen LogP contribution in [0.2, 0.25) is 0 Å². The molecular formula is C11H13N3S2. The van der Waals surface area contributed by atoms with Crippen LogP contribution in [0, 0.1) is 11.6 Å². The van der Waals surface area contributed by atoms with Gasteiger partial charge in [-0.15, -0.1) is 11.3 Å². The van der Waals surface area contributed by atoms with Gasteiger partial charge in [-0.3, -0.25) is 4.98 Å². The van der Waals surface area contributed by atoms with Crippen molar-refractivity contribution in [3.8, 4) is 10.7 Å². The molecule has 16 heavy (non-hydrogen) atoms. The lowest BCUT2D eigenvalue weighted by molar-refractivity contribution is 0.825. The first-order valence-corrected chi connectivity index (χ1v) is 6.38. The third-order valence-corrected chi connectivity index (χ3v) is 3.49. The number of aryl methyl sites for hydroxylation is 1. The number of thiazole rings is 1. The second-order valence-corrected chi connectivity index (χ2v) is 5.22. The minimum Gasteiger partial charge on any atom is -0.342 e. The molecule has 1 N–H and O–H groups in total. The van der Waals surface area contributed by atoms with Crippen molar-refractivity contribution in [3.05, 3.63) is 27.6 Å². The van der Waals surface area contributed by atoms with Gasteiger partial charge < -0.3 is 4.98 Å². The van der Waals surface area contributed by atoms with E-state index in [1.165, 1.54) is 0 Å². The highest BCUT2D eigenvalue weighted by Crippen LogP contribution is 2.24. The molecule has 2 rings (SSSR count). The van der Waals surface area contributed by atoms with Gasteiger partial charge in [0, 0.05) is 17.5 Å². The Balaban J connectivity index is 2.58. The molecule has 0 saturated heterocycles. The zero-order chi connectivity index (χ0) is 11.7. The maximum atomic E-state index is 5.33. The van der Waals surface area contributed by atoms with E-state index in [1.807, 2.05) is 6.92 Å². The fourth-order valence-corrected chi connectivity index (χ4v) is 2.77. The number of aromatic nitrogens is 3. The van der Waals surface area contributed by atoms with Gasteiger partial charge in [-0.25, -0.2) is 4.98 Å². The average molecular weight is 251 g/mol. The summed E-state index contributed by atoms with van der Waals surface area (Å²) in [5.41, 5.74) is 4.02. The summed E-state index contributed by atoms with van der Waals surface area (Å²) in [7, 11) is 0. The molecule has 2 aromatic rings. The van der Waals surface area contributed by atoms with E-state index in [-0.39, 0.29) is 0 Å². The molecule has 84 valence electrons. The second kappa shape index (κ2) is 4.43. The fourth-order valence-electron chi connectivity index (χ4n) is 1.72. The monoisotopic (exact) mass is 251 g/mol. The van der Waals surface area contributed by atoms with Crippen LogP contribution in [0.25, 0.3) is 10.7 Å². The summed E-state index contributed by atoms with van der Waals surface area (Å²) in [6.07, 6.45) is 1.80. The Labute approximate surface area is 104 Å². The zero-order valence-electron chi connectivity index (χ0n) is 9.44. The number of nitrogens with one attached hydrogen (secondary N) is 1. The SMILES string of the molecule is Cc1[nH]c(-c2cncs2)nc(=S)c1C(C)C. The van der Waals surface area contributed by atoms with Gasteiger partial charge in [0.15, 0.2) is 5.82 Å². The van der Waals surface area contributed by atoms with Crippen LogP contribution in [0.5, 0.6) is 0 Å². The average Bonchev–Trinajstić information content (AvgIpc) is 2.67. The van der Waals surface area contributed by atoms with Crippen LogP contribution in [0.15, 0.2) is 11.7 Å². The van der Waals surface area contributed by atoms with Crippen molar-refractivity contribution in [1.29, 1.82) is 0 Å². The van der Waals surface area contributed by atoms with Gasteiger partial charge in [0.1, 0.15) is 4.64 Å². The maximum absolute atomic E-state index is 5.33. The fraction of sp³-hybridized carbons (Fsp3) is 0.364. The lowest BCUT2D eigenvalue weighted by atomic mass is 10.0. The molecule has 0 radical (unpaired) electrons. The summed E-state index contributed by atoms with van der Waals surface area (Å²) in [5.74, 6) is 1.21. The van der Waals surface area contributed by atoms with Crippen LogP contribution in [-0.2, 0) is 0 Å². The Kier molecular flexibility index (Phi) is 3.16. The summed E-state index contributed by atoms with van der Waals surface area (Å²) in [6, 6.07) is 0. The van der Waals surface area contributed by atoms with Gasteiger partial charge in [-0.1, -0.05) is 26.1 Å². The molecule has 0 aliphatic rings.